The number of benzene rings is 2. The predicted octanol–water partition coefficient (Wildman–Crippen LogP) is 7.79. The average Bonchev–Trinajstić information content (AvgIpc) is 3.04. The molecule has 49 heavy (non-hydrogen) atoms. The molecule has 0 aromatic heterocycles. The molecule has 3 saturated carbocycles. The van der Waals surface area contributed by atoms with Crippen LogP contribution < -0.4 is 16.0 Å². The van der Waals surface area contributed by atoms with Gasteiger partial charge in [-0.3, -0.25) is 9.59 Å². The first-order valence-electron chi connectivity index (χ1n) is 17.1. The van der Waals surface area contributed by atoms with E-state index in [0.717, 1.165) is 23.2 Å². The summed E-state index contributed by atoms with van der Waals surface area (Å²) in [7, 11) is 0. The SMILES string of the molecule is CC(C)(C)OC(=O)NCc1ccc(NC(=O)C23CCC(C(=O)Nc4ccc(C5=CCN(C(=O)OC(C)(C)C)CC5)cc4)(CC2)CC3)cc1F. The van der Waals surface area contributed by atoms with Crippen LogP contribution in [0.4, 0.5) is 25.4 Å². The van der Waals surface area contributed by atoms with E-state index in [1.165, 1.54) is 12.1 Å². The number of carbonyl (C=O) groups is 4. The van der Waals surface area contributed by atoms with Crippen LogP contribution in [-0.2, 0) is 25.6 Å². The Labute approximate surface area is 288 Å². The van der Waals surface area contributed by atoms with Crippen molar-refractivity contribution in [3.8, 4) is 0 Å². The van der Waals surface area contributed by atoms with E-state index in [4.69, 9.17) is 9.47 Å². The average molecular weight is 677 g/mol. The summed E-state index contributed by atoms with van der Waals surface area (Å²) >= 11 is 0. The van der Waals surface area contributed by atoms with Crippen molar-refractivity contribution in [1.29, 1.82) is 0 Å². The summed E-state index contributed by atoms with van der Waals surface area (Å²) < 4.78 is 25.5. The normalized spacial score (nSPS) is 22.1. The Hall–Kier alpha value is -4.41. The van der Waals surface area contributed by atoms with Crippen LogP contribution in [0.15, 0.2) is 48.5 Å². The highest BCUT2D eigenvalue weighted by molar-refractivity contribution is 5.98. The number of alkyl carbamates (subject to hydrolysis) is 1. The van der Waals surface area contributed by atoms with Gasteiger partial charge in [0, 0.05) is 47.4 Å². The van der Waals surface area contributed by atoms with Gasteiger partial charge in [0.25, 0.3) is 0 Å². The Kier molecular flexibility index (Phi) is 10.1. The van der Waals surface area contributed by atoms with E-state index in [-0.39, 0.29) is 30.0 Å². The van der Waals surface area contributed by atoms with E-state index in [1.54, 1.807) is 31.7 Å². The molecule has 2 aromatic rings. The van der Waals surface area contributed by atoms with Crippen LogP contribution >= 0.6 is 0 Å². The third kappa shape index (κ3) is 8.80. The monoisotopic (exact) mass is 676 g/mol. The molecule has 0 radical (unpaired) electrons. The minimum Gasteiger partial charge on any atom is -0.444 e. The molecule has 1 heterocycles. The van der Waals surface area contributed by atoms with Gasteiger partial charge in [0.1, 0.15) is 17.0 Å². The largest absolute Gasteiger partial charge is 0.444 e. The van der Waals surface area contributed by atoms with Crippen molar-refractivity contribution >= 4 is 40.9 Å². The molecule has 11 heteroatoms. The number of halogens is 1. The molecule has 3 fully saturated rings. The second-order valence-corrected chi connectivity index (χ2v) is 15.6. The van der Waals surface area contributed by atoms with Crippen LogP contribution in [0, 0.1) is 16.6 Å². The van der Waals surface area contributed by atoms with E-state index in [9.17, 15) is 23.6 Å². The summed E-state index contributed by atoms with van der Waals surface area (Å²) in [4.78, 5) is 53.1. The quantitative estimate of drug-likeness (QED) is 0.275. The lowest BCUT2D eigenvalue weighted by molar-refractivity contribution is -0.144. The number of carbonyl (C=O) groups excluding carboxylic acids is 4. The van der Waals surface area contributed by atoms with Crippen molar-refractivity contribution in [2.24, 2.45) is 10.8 Å². The molecule has 4 aliphatic rings. The highest BCUT2D eigenvalue weighted by Gasteiger charge is 2.55. The Morgan fingerprint density at radius 1 is 0.776 bits per heavy atom. The first-order chi connectivity index (χ1) is 23.0. The number of rotatable bonds is 7. The van der Waals surface area contributed by atoms with Gasteiger partial charge < -0.3 is 30.3 Å². The minimum atomic E-state index is -0.657. The zero-order chi connectivity index (χ0) is 35.6. The van der Waals surface area contributed by atoms with Gasteiger partial charge in [-0.1, -0.05) is 24.3 Å². The van der Waals surface area contributed by atoms with Crippen molar-refractivity contribution in [3.05, 3.63) is 65.5 Å². The fourth-order valence-electron chi connectivity index (χ4n) is 6.84. The van der Waals surface area contributed by atoms with Crippen molar-refractivity contribution < 1.29 is 33.0 Å². The molecule has 0 saturated heterocycles. The molecular formula is C38H49FN4O6. The Morgan fingerprint density at radius 3 is 1.80 bits per heavy atom. The number of fused-ring (bicyclic) bond motifs is 3. The summed E-state index contributed by atoms with van der Waals surface area (Å²) in [5, 5.41) is 8.56. The van der Waals surface area contributed by atoms with Crippen LogP contribution in [0.1, 0.15) is 97.6 Å². The number of nitrogens with zero attached hydrogens (tertiary/aromatic N) is 1. The summed E-state index contributed by atoms with van der Waals surface area (Å²) in [6, 6.07) is 12.2. The van der Waals surface area contributed by atoms with Crippen molar-refractivity contribution in [1.82, 2.24) is 10.2 Å². The molecule has 0 spiro atoms. The van der Waals surface area contributed by atoms with E-state index in [2.05, 4.69) is 16.0 Å². The van der Waals surface area contributed by atoms with Crippen LogP contribution in [0.5, 0.6) is 0 Å². The maximum atomic E-state index is 14.8. The van der Waals surface area contributed by atoms with E-state index in [1.807, 2.05) is 51.1 Å². The third-order valence-electron chi connectivity index (χ3n) is 9.72. The lowest BCUT2D eigenvalue weighted by Crippen LogP contribution is -2.52. The minimum absolute atomic E-state index is 0.0171. The maximum absolute atomic E-state index is 14.8. The summed E-state index contributed by atoms with van der Waals surface area (Å²) in [5.74, 6) is -0.707. The van der Waals surface area contributed by atoms with Gasteiger partial charge in [0.15, 0.2) is 0 Å². The lowest BCUT2D eigenvalue weighted by atomic mass is 9.53. The van der Waals surface area contributed by atoms with Gasteiger partial charge in [0.05, 0.1) is 0 Å². The molecule has 0 atom stereocenters. The lowest BCUT2D eigenvalue weighted by Gasteiger charge is -2.51. The second-order valence-electron chi connectivity index (χ2n) is 15.6. The van der Waals surface area contributed by atoms with Crippen LogP contribution in [0.2, 0.25) is 0 Å². The first kappa shape index (κ1) is 35.9. The highest BCUT2D eigenvalue weighted by atomic mass is 19.1. The molecule has 10 nitrogen and oxygen atoms in total. The van der Waals surface area contributed by atoms with Crippen molar-refractivity contribution in [3.63, 3.8) is 0 Å². The van der Waals surface area contributed by atoms with E-state index in [0.29, 0.717) is 57.3 Å². The molecule has 4 amide bonds. The fraction of sp³-hybridized carbons (Fsp3) is 0.526. The van der Waals surface area contributed by atoms with Gasteiger partial charge in [0.2, 0.25) is 11.8 Å². The fourth-order valence-corrected chi connectivity index (χ4v) is 6.84. The van der Waals surface area contributed by atoms with Crippen molar-refractivity contribution in [2.75, 3.05) is 23.7 Å². The number of amides is 4. The number of anilines is 2. The van der Waals surface area contributed by atoms with Crippen molar-refractivity contribution in [2.45, 2.75) is 104 Å². The molecule has 6 rings (SSSR count). The molecule has 3 aliphatic carbocycles. The Bertz CT molecular complexity index is 1600. The Morgan fingerprint density at radius 2 is 1.31 bits per heavy atom. The number of hydrogen-bond donors (Lipinski definition) is 3. The van der Waals surface area contributed by atoms with Gasteiger partial charge in [-0.2, -0.15) is 0 Å². The predicted molar refractivity (Wildman–Crippen MR) is 186 cm³/mol. The molecule has 0 unspecified atom stereocenters. The molecular weight excluding hydrogens is 627 g/mol. The van der Waals surface area contributed by atoms with Crippen LogP contribution in [0.3, 0.4) is 0 Å². The number of hydrogen-bond acceptors (Lipinski definition) is 6. The standard InChI is InChI=1S/C38H49FN4O6/c1-35(2,3)48-33(46)40-24-27-9-12-29(23-30(27)39)42-32(45)38-18-15-37(16-19-38,17-20-38)31(44)41-28-10-7-25(8-11-28)26-13-21-43(22-14-26)34(47)49-36(4,5)6/h7-13,23H,14-22,24H2,1-6H3,(H,40,46)(H,41,44)(H,42,45). The van der Waals surface area contributed by atoms with Gasteiger partial charge >= 0.3 is 12.2 Å². The van der Waals surface area contributed by atoms with Crippen LogP contribution in [0.25, 0.3) is 5.57 Å². The smallest absolute Gasteiger partial charge is 0.410 e. The zero-order valence-corrected chi connectivity index (χ0v) is 29.5. The topological polar surface area (TPSA) is 126 Å². The highest BCUT2D eigenvalue weighted by Crippen LogP contribution is 2.57. The van der Waals surface area contributed by atoms with E-state index < -0.39 is 33.9 Å². The number of nitrogens with one attached hydrogen (secondary N) is 3. The van der Waals surface area contributed by atoms with E-state index >= 15 is 0 Å². The van der Waals surface area contributed by atoms with Crippen LogP contribution in [-0.4, -0.2) is 53.2 Å². The zero-order valence-electron chi connectivity index (χ0n) is 29.5. The third-order valence-corrected chi connectivity index (χ3v) is 9.72. The molecule has 2 bridgehead atoms. The maximum Gasteiger partial charge on any atom is 0.410 e. The Balaban J connectivity index is 1.11. The summed E-state index contributed by atoms with van der Waals surface area (Å²) in [6.07, 6.45) is 5.39. The summed E-state index contributed by atoms with van der Waals surface area (Å²) in [5.41, 5.74) is 1.26. The first-order valence-corrected chi connectivity index (χ1v) is 17.1. The molecule has 1 aliphatic heterocycles. The number of ether oxygens (including phenoxy) is 2. The molecule has 2 aromatic carbocycles. The van der Waals surface area contributed by atoms with Gasteiger partial charge in [-0.05, 0) is 122 Å². The second kappa shape index (κ2) is 13.8. The molecule has 264 valence electrons. The van der Waals surface area contributed by atoms with Gasteiger partial charge in [-0.25, -0.2) is 14.0 Å². The molecule has 3 N–H and O–H groups in total. The summed E-state index contributed by atoms with van der Waals surface area (Å²) in [6.45, 7) is 11.8. The van der Waals surface area contributed by atoms with Gasteiger partial charge in [-0.15, -0.1) is 0 Å².